The van der Waals surface area contributed by atoms with Crippen molar-refractivity contribution in [3.05, 3.63) is 68.1 Å². The van der Waals surface area contributed by atoms with Gasteiger partial charge in [-0.2, -0.15) is 0 Å². The maximum atomic E-state index is 12.8. The number of fused-ring (bicyclic) bond motifs is 1. The topological polar surface area (TPSA) is 89.5 Å². The zero-order valence-electron chi connectivity index (χ0n) is 13.6. The van der Waals surface area contributed by atoms with E-state index in [-0.39, 0.29) is 11.6 Å². The van der Waals surface area contributed by atoms with Crippen molar-refractivity contribution in [3.8, 4) is 0 Å². The number of aromatic nitrogens is 2. The van der Waals surface area contributed by atoms with Crippen molar-refractivity contribution in [2.75, 3.05) is 5.32 Å². The van der Waals surface area contributed by atoms with Gasteiger partial charge in [0.15, 0.2) is 5.65 Å². The van der Waals surface area contributed by atoms with Gasteiger partial charge in [0.1, 0.15) is 5.69 Å². The van der Waals surface area contributed by atoms with Gasteiger partial charge in [-0.1, -0.05) is 13.0 Å². The number of pyridine rings is 1. The number of nitrogens with one attached hydrogen (secondary N) is 1. The van der Waals surface area contributed by atoms with Crippen LogP contribution in [0.5, 0.6) is 0 Å². The lowest BCUT2D eigenvalue weighted by molar-refractivity contribution is -0.384. The van der Waals surface area contributed by atoms with Gasteiger partial charge in [0, 0.05) is 24.0 Å². The molecule has 0 spiro atoms. The van der Waals surface area contributed by atoms with Gasteiger partial charge in [-0.3, -0.25) is 19.3 Å². The number of halogens is 1. The molecule has 1 N–H and O–H groups in total. The number of anilines is 1. The highest BCUT2D eigenvalue weighted by Gasteiger charge is 2.20. The Balaban J connectivity index is 2.05. The van der Waals surface area contributed by atoms with Gasteiger partial charge >= 0.3 is 0 Å². The molecule has 0 radical (unpaired) electrons. The molecule has 0 aliphatic carbocycles. The standard InChI is InChI=1S/C17H15BrN4O3/c1-3-14-15(21-9-10(2)7-13(18)16(21)20-14)17(23)19-11-5-4-6-12(8-11)22(24)25/h4-9H,3H2,1-2H3,(H,19,23). The van der Waals surface area contributed by atoms with Crippen molar-refractivity contribution in [1.82, 2.24) is 9.38 Å². The van der Waals surface area contributed by atoms with Crippen molar-refractivity contribution >= 4 is 38.9 Å². The Bertz CT molecular complexity index is 997. The third-order valence-corrected chi connectivity index (χ3v) is 4.33. The molecule has 2 aromatic heterocycles. The molecule has 0 fully saturated rings. The maximum absolute atomic E-state index is 12.8. The fourth-order valence-electron chi connectivity index (χ4n) is 2.65. The Morgan fingerprint density at radius 2 is 2.16 bits per heavy atom. The van der Waals surface area contributed by atoms with Gasteiger partial charge < -0.3 is 5.32 Å². The summed E-state index contributed by atoms with van der Waals surface area (Å²) in [7, 11) is 0. The molecule has 0 saturated carbocycles. The van der Waals surface area contributed by atoms with Crippen LogP contribution in [0.25, 0.3) is 5.65 Å². The molecule has 0 aliphatic heterocycles. The second kappa shape index (κ2) is 6.64. The van der Waals surface area contributed by atoms with Crippen LogP contribution in [0.1, 0.15) is 28.7 Å². The lowest BCUT2D eigenvalue weighted by Crippen LogP contribution is -2.16. The van der Waals surface area contributed by atoms with Crippen LogP contribution in [0.2, 0.25) is 0 Å². The number of aryl methyl sites for hydroxylation is 2. The average Bonchev–Trinajstić information content (AvgIpc) is 2.93. The lowest BCUT2D eigenvalue weighted by atomic mass is 10.2. The van der Waals surface area contributed by atoms with E-state index < -0.39 is 4.92 Å². The Hall–Kier alpha value is -2.74. The number of carbonyl (C=O) groups excluding carboxylic acids is 1. The molecule has 128 valence electrons. The van der Waals surface area contributed by atoms with Crippen LogP contribution in [-0.2, 0) is 6.42 Å². The first-order valence-corrected chi connectivity index (χ1v) is 8.43. The summed E-state index contributed by atoms with van der Waals surface area (Å²) in [6.07, 6.45) is 2.43. The van der Waals surface area contributed by atoms with Crippen molar-refractivity contribution in [2.45, 2.75) is 20.3 Å². The number of benzene rings is 1. The summed E-state index contributed by atoms with van der Waals surface area (Å²) in [6, 6.07) is 7.78. The number of nitro groups is 1. The Morgan fingerprint density at radius 1 is 1.40 bits per heavy atom. The van der Waals surface area contributed by atoms with E-state index in [1.165, 1.54) is 18.2 Å². The number of nitrogens with zero attached hydrogens (tertiary/aromatic N) is 3. The summed E-state index contributed by atoms with van der Waals surface area (Å²) in [4.78, 5) is 27.7. The number of non-ortho nitro benzene ring substituents is 1. The van der Waals surface area contributed by atoms with Crippen LogP contribution in [0.4, 0.5) is 11.4 Å². The number of rotatable bonds is 4. The third kappa shape index (κ3) is 3.25. The van der Waals surface area contributed by atoms with Gasteiger partial charge in [0.25, 0.3) is 11.6 Å². The van der Waals surface area contributed by atoms with E-state index in [2.05, 4.69) is 26.2 Å². The average molecular weight is 403 g/mol. The molecule has 8 heteroatoms. The van der Waals surface area contributed by atoms with Gasteiger partial charge in [0.2, 0.25) is 0 Å². The molecule has 3 aromatic rings. The molecule has 7 nitrogen and oxygen atoms in total. The first-order chi connectivity index (χ1) is 11.9. The summed E-state index contributed by atoms with van der Waals surface area (Å²) in [6.45, 7) is 3.85. The molecule has 0 aliphatic rings. The molecule has 0 atom stereocenters. The van der Waals surface area contributed by atoms with E-state index in [4.69, 9.17) is 0 Å². The molecule has 0 unspecified atom stereocenters. The van der Waals surface area contributed by atoms with Crippen molar-refractivity contribution < 1.29 is 9.72 Å². The van der Waals surface area contributed by atoms with Crippen LogP contribution in [0, 0.1) is 17.0 Å². The molecular weight excluding hydrogens is 388 g/mol. The van der Waals surface area contributed by atoms with Crippen LogP contribution >= 0.6 is 15.9 Å². The lowest BCUT2D eigenvalue weighted by Gasteiger charge is -2.07. The second-order valence-corrected chi connectivity index (χ2v) is 6.44. The fourth-order valence-corrected chi connectivity index (χ4v) is 3.29. The van der Waals surface area contributed by atoms with Crippen LogP contribution in [0.15, 0.2) is 41.0 Å². The monoisotopic (exact) mass is 402 g/mol. The molecule has 25 heavy (non-hydrogen) atoms. The summed E-state index contributed by atoms with van der Waals surface area (Å²) in [5.74, 6) is -0.359. The zero-order valence-corrected chi connectivity index (χ0v) is 15.2. The van der Waals surface area contributed by atoms with E-state index in [1.54, 1.807) is 10.5 Å². The normalized spacial score (nSPS) is 10.8. The Labute approximate surface area is 152 Å². The van der Waals surface area contributed by atoms with E-state index in [0.717, 1.165) is 10.0 Å². The first kappa shape index (κ1) is 17.1. The first-order valence-electron chi connectivity index (χ1n) is 7.63. The molecule has 3 rings (SSSR count). The number of hydrogen-bond donors (Lipinski definition) is 1. The molecule has 1 aromatic carbocycles. The molecule has 0 bridgehead atoms. The zero-order chi connectivity index (χ0) is 18.1. The number of imidazole rings is 1. The molecule has 2 heterocycles. The molecule has 0 saturated heterocycles. The smallest absolute Gasteiger partial charge is 0.274 e. The number of hydrogen-bond acceptors (Lipinski definition) is 4. The minimum Gasteiger partial charge on any atom is -0.320 e. The van der Waals surface area contributed by atoms with Crippen LogP contribution in [0.3, 0.4) is 0 Å². The van der Waals surface area contributed by atoms with Crippen molar-refractivity contribution in [2.24, 2.45) is 0 Å². The molecular formula is C17H15BrN4O3. The van der Waals surface area contributed by atoms with E-state index in [9.17, 15) is 14.9 Å². The van der Waals surface area contributed by atoms with E-state index >= 15 is 0 Å². The summed E-state index contributed by atoms with van der Waals surface area (Å²) in [5.41, 5.74) is 3.01. The highest BCUT2D eigenvalue weighted by Crippen LogP contribution is 2.24. The third-order valence-electron chi connectivity index (χ3n) is 3.75. The summed E-state index contributed by atoms with van der Waals surface area (Å²) < 4.78 is 2.54. The SMILES string of the molecule is CCc1nc2c(Br)cc(C)cn2c1C(=O)Nc1cccc([N+](=O)[O-])c1. The van der Waals surface area contributed by atoms with Gasteiger partial charge in [0.05, 0.1) is 15.1 Å². The minimum absolute atomic E-state index is 0.0785. The highest BCUT2D eigenvalue weighted by atomic mass is 79.9. The van der Waals surface area contributed by atoms with E-state index in [0.29, 0.717) is 29.1 Å². The van der Waals surface area contributed by atoms with Gasteiger partial charge in [-0.25, -0.2) is 4.98 Å². The highest BCUT2D eigenvalue weighted by molar-refractivity contribution is 9.10. The van der Waals surface area contributed by atoms with Crippen molar-refractivity contribution in [3.63, 3.8) is 0 Å². The van der Waals surface area contributed by atoms with Crippen molar-refractivity contribution in [1.29, 1.82) is 0 Å². The largest absolute Gasteiger partial charge is 0.320 e. The Morgan fingerprint density at radius 3 is 2.84 bits per heavy atom. The molecule has 1 amide bonds. The Kier molecular flexibility index (Phi) is 4.54. The predicted molar refractivity (Wildman–Crippen MR) is 98.1 cm³/mol. The predicted octanol–water partition coefficient (Wildman–Crippen LogP) is 4.13. The van der Waals surface area contributed by atoms with E-state index in [1.807, 2.05) is 26.1 Å². The number of amides is 1. The quantitative estimate of drug-likeness (QED) is 0.524. The van der Waals surface area contributed by atoms with Crippen LogP contribution in [-0.4, -0.2) is 20.2 Å². The summed E-state index contributed by atoms with van der Waals surface area (Å²) >= 11 is 3.48. The number of nitro benzene ring substituents is 1. The maximum Gasteiger partial charge on any atom is 0.274 e. The fraction of sp³-hybridized carbons (Fsp3) is 0.176. The number of carbonyl (C=O) groups is 1. The van der Waals surface area contributed by atoms with Gasteiger partial charge in [-0.05, 0) is 47.0 Å². The second-order valence-electron chi connectivity index (χ2n) is 5.58. The summed E-state index contributed by atoms with van der Waals surface area (Å²) in [5, 5.41) is 13.6. The van der Waals surface area contributed by atoms with Gasteiger partial charge in [-0.15, -0.1) is 0 Å². The van der Waals surface area contributed by atoms with Crippen LogP contribution < -0.4 is 5.32 Å². The minimum atomic E-state index is -0.498.